The van der Waals surface area contributed by atoms with Crippen LogP contribution in [0.15, 0.2) is 79.8 Å². The van der Waals surface area contributed by atoms with E-state index in [2.05, 4.69) is 26.0 Å². The summed E-state index contributed by atoms with van der Waals surface area (Å²) in [5, 5.41) is 26.6. The van der Waals surface area contributed by atoms with Gasteiger partial charge in [0.1, 0.15) is 6.61 Å². The zero-order valence-electron chi connectivity index (χ0n) is 17.6. The van der Waals surface area contributed by atoms with Crippen LogP contribution in [0.25, 0.3) is 10.9 Å². The van der Waals surface area contributed by atoms with Gasteiger partial charge in [-0.25, -0.2) is 4.79 Å². The maximum Gasteiger partial charge on any atom is 0.349 e. The van der Waals surface area contributed by atoms with Gasteiger partial charge in [0.25, 0.3) is 11.2 Å². The van der Waals surface area contributed by atoms with Crippen molar-refractivity contribution in [2.24, 2.45) is 5.10 Å². The molecule has 176 valence electrons. The second-order valence-electron chi connectivity index (χ2n) is 7.16. The SMILES string of the molecule is O=c1[nH]c2ccccc2c(=O)n1N=Cc1cc(Br)c(OCc2ccc([N+](=O)[O-])cc2)c([N+](=O)[O-])c1. The Labute approximate surface area is 203 Å². The average molecular weight is 540 g/mol. The Kier molecular flexibility index (Phi) is 6.51. The number of hydrogen-bond donors (Lipinski definition) is 1. The second kappa shape index (κ2) is 9.69. The highest BCUT2D eigenvalue weighted by atomic mass is 79.9. The molecule has 0 aliphatic rings. The zero-order valence-corrected chi connectivity index (χ0v) is 19.2. The first-order valence-electron chi connectivity index (χ1n) is 9.87. The Morgan fingerprint density at radius 1 is 1.03 bits per heavy atom. The highest BCUT2D eigenvalue weighted by molar-refractivity contribution is 9.10. The number of halogens is 1. The number of ether oxygens (including phenoxy) is 1. The fourth-order valence-electron chi connectivity index (χ4n) is 3.20. The molecule has 0 aliphatic heterocycles. The third-order valence-electron chi connectivity index (χ3n) is 4.88. The molecule has 1 heterocycles. The molecule has 13 heteroatoms. The van der Waals surface area contributed by atoms with Gasteiger partial charge in [-0.05, 0) is 51.8 Å². The molecule has 35 heavy (non-hydrogen) atoms. The van der Waals surface area contributed by atoms with Crippen LogP contribution in [0.4, 0.5) is 11.4 Å². The van der Waals surface area contributed by atoms with Crippen molar-refractivity contribution in [2.45, 2.75) is 6.61 Å². The number of H-pyrrole nitrogens is 1. The predicted octanol–water partition coefficient (Wildman–Crippen LogP) is 3.73. The number of hydrogen-bond acceptors (Lipinski definition) is 8. The van der Waals surface area contributed by atoms with Crippen molar-refractivity contribution in [1.29, 1.82) is 0 Å². The molecule has 1 aromatic heterocycles. The van der Waals surface area contributed by atoms with E-state index in [0.29, 0.717) is 15.8 Å². The molecule has 0 spiro atoms. The van der Waals surface area contributed by atoms with E-state index in [9.17, 15) is 29.8 Å². The molecular formula is C22H14BrN5O7. The van der Waals surface area contributed by atoms with Gasteiger partial charge >= 0.3 is 11.4 Å². The molecule has 0 atom stereocenters. The first-order chi connectivity index (χ1) is 16.7. The van der Waals surface area contributed by atoms with E-state index in [4.69, 9.17) is 4.74 Å². The number of non-ortho nitro benzene ring substituents is 1. The van der Waals surface area contributed by atoms with Crippen molar-refractivity contribution in [3.63, 3.8) is 0 Å². The van der Waals surface area contributed by atoms with Gasteiger partial charge in [0.05, 0.1) is 31.4 Å². The lowest BCUT2D eigenvalue weighted by molar-refractivity contribution is -0.386. The van der Waals surface area contributed by atoms with Gasteiger partial charge < -0.3 is 9.72 Å². The third-order valence-corrected chi connectivity index (χ3v) is 5.47. The van der Waals surface area contributed by atoms with Gasteiger partial charge in [-0.2, -0.15) is 5.10 Å². The Morgan fingerprint density at radius 2 is 1.74 bits per heavy atom. The number of para-hydroxylation sites is 1. The third kappa shape index (κ3) is 4.99. The van der Waals surface area contributed by atoms with Crippen molar-refractivity contribution < 1.29 is 14.6 Å². The number of aromatic amines is 1. The predicted molar refractivity (Wildman–Crippen MR) is 130 cm³/mol. The van der Waals surface area contributed by atoms with Gasteiger partial charge in [-0.1, -0.05) is 12.1 Å². The molecule has 4 rings (SSSR count). The topological polar surface area (TPSA) is 163 Å². The number of nitrogens with one attached hydrogen (secondary N) is 1. The van der Waals surface area contributed by atoms with Gasteiger partial charge in [0.15, 0.2) is 0 Å². The Hall–Kier alpha value is -4.65. The normalized spacial score (nSPS) is 11.1. The Balaban J connectivity index is 1.63. The number of nitro benzene ring substituents is 2. The van der Waals surface area contributed by atoms with Crippen molar-refractivity contribution in [3.05, 3.63) is 117 Å². The van der Waals surface area contributed by atoms with Gasteiger partial charge in [-0.3, -0.25) is 25.0 Å². The minimum Gasteiger partial charge on any atom is -0.481 e. The standard InChI is InChI=1S/C22H14BrN5O7/c23-17-9-14(11-24-26-21(29)16-3-1-2-4-18(16)25-22(26)30)10-19(28(33)34)20(17)35-12-13-5-7-15(8-6-13)27(31)32/h1-11H,12H2,(H,25,30). The number of rotatable bonds is 7. The summed E-state index contributed by atoms with van der Waals surface area (Å²) in [6.45, 7) is -0.0767. The number of aromatic nitrogens is 2. The molecule has 12 nitrogen and oxygen atoms in total. The summed E-state index contributed by atoms with van der Waals surface area (Å²) in [5.74, 6) is -0.0637. The second-order valence-corrected chi connectivity index (χ2v) is 8.01. The minimum absolute atomic E-state index is 0.0637. The highest BCUT2D eigenvalue weighted by Gasteiger charge is 2.20. The maximum atomic E-state index is 12.6. The lowest BCUT2D eigenvalue weighted by atomic mass is 10.2. The summed E-state index contributed by atoms with van der Waals surface area (Å²) in [5.41, 5.74) is -0.722. The molecule has 0 bridgehead atoms. The highest BCUT2D eigenvalue weighted by Crippen LogP contribution is 2.36. The maximum absolute atomic E-state index is 12.6. The molecule has 1 N–H and O–H groups in total. The summed E-state index contributed by atoms with van der Waals surface area (Å²) in [6, 6.07) is 14.7. The van der Waals surface area contributed by atoms with Crippen LogP contribution in [0, 0.1) is 20.2 Å². The fraction of sp³-hybridized carbons (Fsp3) is 0.0455. The molecule has 4 aromatic rings. The monoisotopic (exact) mass is 539 g/mol. The van der Waals surface area contributed by atoms with E-state index in [-0.39, 0.29) is 39.2 Å². The van der Waals surface area contributed by atoms with E-state index in [1.54, 1.807) is 18.2 Å². The molecule has 3 aromatic carbocycles. The number of fused-ring (bicyclic) bond motifs is 1. The van der Waals surface area contributed by atoms with E-state index in [1.807, 2.05) is 0 Å². The number of nitro groups is 2. The van der Waals surface area contributed by atoms with E-state index >= 15 is 0 Å². The fourth-order valence-corrected chi connectivity index (χ4v) is 3.79. The van der Waals surface area contributed by atoms with Crippen molar-refractivity contribution in [2.75, 3.05) is 0 Å². The van der Waals surface area contributed by atoms with Gasteiger partial charge in [0, 0.05) is 23.8 Å². The van der Waals surface area contributed by atoms with E-state index < -0.39 is 21.1 Å². The van der Waals surface area contributed by atoms with Crippen LogP contribution in [0.3, 0.4) is 0 Å². The van der Waals surface area contributed by atoms with Gasteiger partial charge in [0.2, 0.25) is 5.75 Å². The minimum atomic E-state index is -0.762. The number of benzene rings is 3. The van der Waals surface area contributed by atoms with Crippen LogP contribution in [0.2, 0.25) is 0 Å². The number of nitrogens with zero attached hydrogens (tertiary/aromatic N) is 4. The van der Waals surface area contributed by atoms with Crippen LogP contribution < -0.4 is 16.0 Å². The quantitative estimate of drug-likeness (QED) is 0.212. The average Bonchev–Trinajstić information content (AvgIpc) is 2.83. The Bertz CT molecular complexity index is 1610. The summed E-state index contributed by atoms with van der Waals surface area (Å²) in [6.07, 6.45) is 1.14. The first-order valence-corrected chi connectivity index (χ1v) is 10.7. The largest absolute Gasteiger partial charge is 0.481 e. The van der Waals surface area contributed by atoms with Crippen molar-refractivity contribution >= 4 is 44.4 Å². The van der Waals surface area contributed by atoms with E-state index in [0.717, 1.165) is 6.21 Å². The van der Waals surface area contributed by atoms with Gasteiger partial charge in [-0.15, -0.1) is 4.68 Å². The van der Waals surface area contributed by atoms with Crippen molar-refractivity contribution in [3.8, 4) is 5.75 Å². The summed E-state index contributed by atoms with van der Waals surface area (Å²) in [7, 11) is 0. The van der Waals surface area contributed by atoms with Crippen molar-refractivity contribution in [1.82, 2.24) is 9.66 Å². The molecule has 0 unspecified atom stereocenters. The molecule has 0 saturated carbocycles. The molecule has 0 aliphatic carbocycles. The van der Waals surface area contributed by atoms with Crippen LogP contribution >= 0.6 is 15.9 Å². The van der Waals surface area contributed by atoms with Crippen LogP contribution in [-0.4, -0.2) is 25.7 Å². The van der Waals surface area contributed by atoms with Crippen LogP contribution in [0.1, 0.15) is 11.1 Å². The zero-order chi connectivity index (χ0) is 25.1. The van der Waals surface area contributed by atoms with Crippen LogP contribution in [-0.2, 0) is 6.61 Å². The molecule has 0 saturated heterocycles. The molecule has 0 radical (unpaired) electrons. The summed E-state index contributed by atoms with van der Waals surface area (Å²) >= 11 is 3.24. The smallest absolute Gasteiger partial charge is 0.349 e. The van der Waals surface area contributed by atoms with E-state index in [1.165, 1.54) is 42.5 Å². The molecule has 0 fully saturated rings. The summed E-state index contributed by atoms with van der Waals surface area (Å²) in [4.78, 5) is 48.7. The molecular weight excluding hydrogens is 526 g/mol. The van der Waals surface area contributed by atoms with Crippen LogP contribution in [0.5, 0.6) is 5.75 Å². The lowest BCUT2D eigenvalue weighted by Gasteiger charge is -2.10. The Morgan fingerprint density at radius 3 is 2.43 bits per heavy atom. The lowest BCUT2D eigenvalue weighted by Crippen LogP contribution is -2.32. The molecule has 0 amide bonds. The first kappa shape index (κ1) is 23.5. The summed E-state index contributed by atoms with van der Waals surface area (Å²) < 4.78 is 6.46.